The van der Waals surface area contributed by atoms with Crippen molar-refractivity contribution in [3.05, 3.63) is 24.8 Å². The normalized spacial score (nSPS) is 27.8. The molecule has 1 nitrogen and oxygen atoms in total. The first-order valence-corrected chi connectivity index (χ1v) is 2.82. The smallest absolute Gasteiger partial charge is 0.0791 e. The van der Waals surface area contributed by atoms with Crippen LogP contribution in [0.4, 0.5) is 0 Å². The van der Waals surface area contributed by atoms with Gasteiger partial charge < -0.3 is 4.74 Å². The van der Waals surface area contributed by atoms with Gasteiger partial charge in [0, 0.05) is 0 Å². The van der Waals surface area contributed by atoms with Crippen molar-refractivity contribution in [1.29, 1.82) is 0 Å². The molecule has 0 fully saturated rings. The number of hydrogen-bond donors (Lipinski definition) is 0. The molecule has 0 spiro atoms. The average molecular weight is 110 g/mol. The molecule has 0 saturated heterocycles. The van der Waals surface area contributed by atoms with E-state index in [1.165, 1.54) is 0 Å². The van der Waals surface area contributed by atoms with Crippen molar-refractivity contribution >= 4 is 0 Å². The number of ether oxygens (including phenoxy) is 1. The van der Waals surface area contributed by atoms with E-state index in [2.05, 4.69) is 12.7 Å². The molecular formula is C7H10O. The van der Waals surface area contributed by atoms with Gasteiger partial charge in [-0.3, -0.25) is 0 Å². The summed E-state index contributed by atoms with van der Waals surface area (Å²) in [5.41, 5.74) is 0. The van der Waals surface area contributed by atoms with Gasteiger partial charge in [0.25, 0.3) is 0 Å². The molecule has 1 heterocycles. The van der Waals surface area contributed by atoms with Gasteiger partial charge >= 0.3 is 0 Å². The average Bonchev–Trinajstić information content (AvgIpc) is 1.90. The molecular weight excluding hydrogens is 100 g/mol. The molecule has 44 valence electrons. The van der Waals surface area contributed by atoms with Gasteiger partial charge in [-0.2, -0.15) is 0 Å². The maximum Gasteiger partial charge on any atom is 0.0791 e. The van der Waals surface area contributed by atoms with E-state index in [1.54, 1.807) is 0 Å². The molecule has 0 aromatic heterocycles. The summed E-state index contributed by atoms with van der Waals surface area (Å²) in [4.78, 5) is 0. The van der Waals surface area contributed by atoms with Crippen molar-refractivity contribution in [1.82, 2.24) is 0 Å². The highest BCUT2D eigenvalue weighted by atomic mass is 16.5. The zero-order chi connectivity index (χ0) is 5.82. The van der Waals surface area contributed by atoms with Crippen molar-refractivity contribution < 1.29 is 4.74 Å². The van der Waals surface area contributed by atoms with Gasteiger partial charge in [0.15, 0.2) is 0 Å². The van der Waals surface area contributed by atoms with Crippen LogP contribution < -0.4 is 0 Å². The summed E-state index contributed by atoms with van der Waals surface area (Å²) in [7, 11) is 0. The third-order valence-corrected chi connectivity index (χ3v) is 1.20. The molecule has 8 heavy (non-hydrogen) atoms. The maximum atomic E-state index is 5.22. The zero-order valence-corrected chi connectivity index (χ0v) is 4.84. The van der Waals surface area contributed by atoms with Gasteiger partial charge in [0.05, 0.1) is 12.7 Å². The van der Waals surface area contributed by atoms with Crippen LogP contribution in [0.5, 0.6) is 0 Å². The largest absolute Gasteiger partial charge is 0.370 e. The maximum absolute atomic E-state index is 5.22. The van der Waals surface area contributed by atoms with Crippen LogP contribution in [-0.4, -0.2) is 12.7 Å². The minimum atomic E-state index is 0.264. The van der Waals surface area contributed by atoms with Gasteiger partial charge in [-0.05, 0) is 6.42 Å². The van der Waals surface area contributed by atoms with Crippen molar-refractivity contribution in [3.63, 3.8) is 0 Å². The minimum Gasteiger partial charge on any atom is -0.370 e. The van der Waals surface area contributed by atoms with E-state index < -0.39 is 0 Å². The molecule has 0 aromatic carbocycles. The van der Waals surface area contributed by atoms with Gasteiger partial charge in [0.1, 0.15) is 0 Å². The van der Waals surface area contributed by atoms with Gasteiger partial charge in [-0.15, -0.1) is 6.58 Å². The van der Waals surface area contributed by atoms with Crippen molar-refractivity contribution in [3.8, 4) is 0 Å². The molecule has 0 amide bonds. The Kier molecular flexibility index (Phi) is 1.86. The lowest BCUT2D eigenvalue weighted by Crippen LogP contribution is -2.11. The molecule has 0 N–H and O–H groups in total. The second-order valence-electron chi connectivity index (χ2n) is 1.81. The van der Waals surface area contributed by atoms with Gasteiger partial charge in [0.2, 0.25) is 0 Å². The molecule has 1 aliphatic heterocycles. The standard InChI is InChI=1S/C7H10O/c1-2-7-5-3-4-6-8-7/h2-4,7H,1,5-6H2/t7-/m1/s1. The summed E-state index contributed by atoms with van der Waals surface area (Å²) in [5, 5.41) is 0. The third kappa shape index (κ3) is 1.20. The fraction of sp³-hybridized carbons (Fsp3) is 0.429. The monoisotopic (exact) mass is 110 g/mol. The molecule has 0 bridgehead atoms. The van der Waals surface area contributed by atoms with Crippen molar-refractivity contribution in [2.45, 2.75) is 12.5 Å². The molecule has 0 unspecified atom stereocenters. The Morgan fingerprint density at radius 1 is 1.62 bits per heavy atom. The van der Waals surface area contributed by atoms with Crippen molar-refractivity contribution in [2.24, 2.45) is 0 Å². The first-order chi connectivity index (χ1) is 3.93. The highest BCUT2D eigenvalue weighted by molar-refractivity contribution is 4.95. The fourth-order valence-corrected chi connectivity index (χ4v) is 0.710. The molecule has 0 saturated carbocycles. The lowest BCUT2D eigenvalue weighted by atomic mass is 10.2. The predicted molar refractivity (Wildman–Crippen MR) is 33.7 cm³/mol. The topological polar surface area (TPSA) is 9.23 Å². The van der Waals surface area contributed by atoms with Crippen LogP contribution in [0.15, 0.2) is 24.8 Å². The minimum absolute atomic E-state index is 0.264. The Hall–Kier alpha value is -0.560. The molecule has 1 aliphatic rings. The Balaban J connectivity index is 2.37. The Morgan fingerprint density at radius 3 is 2.88 bits per heavy atom. The van der Waals surface area contributed by atoms with E-state index >= 15 is 0 Å². The summed E-state index contributed by atoms with van der Waals surface area (Å²) in [5.74, 6) is 0. The van der Waals surface area contributed by atoms with Crippen LogP contribution in [0.1, 0.15) is 6.42 Å². The first-order valence-electron chi connectivity index (χ1n) is 2.82. The number of hydrogen-bond acceptors (Lipinski definition) is 1. The number of rotatable bonds is 1. The molecule has 1 atom stereocenters. The second kappa shape index (κ2) is 2.68. The molecule has 0 aliphatic carbocycles. The lowest BCUT2D eigenvalue weighted by molar-refractivity contribution is 0.103. The van der Waals surface area contributed by atoms with Crippen LogP contribution in [0, 0.1) is 0 Å². The highest BCUT2D eigenvalue weighted by Gasteiger charge is 2.02. The summed E-state index contributed by atoms with van der Waals surface area (Å²) in [6.45, 7) is 4.37. The molecule has 1 rings (SSSR count). The van der Waals surface area contributed by atoms with Crippen LogP contribution >= 0.6 is 0 Å². The first kappa shape index (κ1) is 5.57. The van der Waals surface area contributed by atoms with E-state index in [1.807, 2.05) is 12.2 Å². The second-order valence-corrected chi connectivity index (χ2v) is 1.81. The summed E-state index contributed by atoms with van der Waals surface area (Å²) in [6, 6.07) is 0. The summed E-state index contributed by atoms with van der Waals surface area (Å²) >= 11 is 0. The third-order valence-electron chi connectivity index (χ3n) is 1.20. The predicted octanol–water partition coefficient (Wildman–Crippen LogP) is 1.52. The quantitative estimate of drug-likeness (QED) is 0.465. The molecule has 0 aromatic rings. The van der Waals surface area contributed by atoms with Crippen LogP contribution in [0.25, 0.3) is 0 Å². The van der Waals surface area contributed by atoms with Gasteiger partial charge in [-0.25, -0.2) is 0 Å². The van der Waals surface area contributed by atoms with Crippen molar-refractivity contribution in [2.75, 3.05) is 6.61 Å². The van der Waals surface area contributed by atoms with Crippen LogP contribution in [0.2, 0.25) is 0 Å². The highest BCUT2D eigenvalue weighted by Crippen LogP contribution is 2.05. The van der Waals surface area contributed by atoms with E-state index in [4.69, 9.17) is 4.74 Å². The molecule has 0 radical (unpaired) electrons. The van der Waals surface area contributed by atoms with Gasteiger partial charge in [-0.1, -0.05) is 18.2 Å². The zero-order valence-electron chi connectivity index (χ0n) is 4.84. The van der Waals surface area contributed by atoms with E-state index in [9.17, 15) is 0 Å². The van der Waals surface area contributed by atoms with Crippen LogP contribution in [0.3, 0.4) is 0 Å². The fourth-order valence-electron chi connectivity index (χ4n) is 0.710. The Bertz CT molecular complexity index is 105. The SMILES string of the molecule is C=C[C@@H]1CC=CCO1. The van der Waals surface area contributed by atoms with E-state index in [-0.39, 0.29) is 6.10 Å². The Morgan fingerprint density at radius 2 is 2.50 bits per heavy atom. The molecule has 1 heteroatoms. The summed E-state index contributed by atoms with van der Waals surface area (Å²) < 4.78 is 5.22. The van der Waals surface area contributed by atoms with E-state index in [0.717, 1.165) is 13.0 Å². The summed E-state index contributed by atoms with van der Waals surface area (Å²) in [6.07, 6.45) is 7.24. The Labute approximate surface area is 49.7 Å². The lowest BCUT2D eigenvalue weighted by Gasteiger charge is -2.13. The van der Waals surface area contributed by atoms with Crippen LogP contribution in [-0.2, 0) is 4.74 Å². The van der Waals surface area contributed by atoms with E-state index in [0.29, 0.717) is 0 Å².